The van der Waals surface area contributed by atoms with Crippen molar-refractivity contribution in [1.82, 2.24) is 15.2 Å². The second-order valence-electron chi connectivity index (χ2n) is 6.40. The number of hydrogen-bond acceptors (Lipinski definition) is 7. The summed E-state index contributed by atoms with van der Waals surface area (Å²) in [5.74, 6) is 0.526. The van der Waals surface area contributed by atoms with E-state index in [9.17, 15) is 4.79 Å². The fourth-order valence-corrected chi connectivity index (χ4v) is 4.32. The summed E-state index contributed by atoms with van der Waals surface area (Å²) in [4.78, 5) is 18.1. The van der Waals surface area contributed by atoms with Gasteiger partial charge in [0.15, 0.2) is 5.78 Å². The molecule has 1 atom stereocenters. The molecule has 0 radical (unpaired) electrons. The van der Waals surface area contributed by atoms with Crippen molar-refractivity contribution in [3.8, 4) is 10.8 Å². The minimum atomic E-state index is -0.312. The molecule has 0 aliphatic rings. The normalized spacial score (nSPS) is 12.4. The number of Topliss-reactive ketones (excluding diaryl/α,β-unsaturated/α-hetero) is 1. The first-order valence-corrected chi connectivity index (χ1v) is 10.0. The maximum Gasteiger partial charge on any atom is 0.277 e. The number of carbonyl (C=O) groups is 1. The zero-order valence-corrected chi connectivity index (χ0v) is 17.3. The number of thioether (sulfide) groups is 1. The summed E-state index contributed by atoms with van der Waals surface area (Å²) in [6.07, 6.45) is 0. The second-order valence-corrected chi connectivity index (χ2v) is 8.89. The van der Waals surface area contributed by atoms with E-state index in [0.29, 0.717) is 11.1 Å². The lowest BCUT2D eigenvalue weighted by molar-refractivity contribution is 0.0993. The molecule has 5 nitrogen and oxygen atoms in total. The third-order valence-electron chi connectivity index (χ3n) is 4.26. The molecule has 0 saturated heterocycles. The van der Waals surface area contributed by atoms with E-state index in [1.54, 1.807) is 0 Å². The summed E-state index contributed by atoms with van der Waals surface area (Å²) in [5.41, 5.74) is 4.93. The number of aryl methyl sites for hydroxylation is 5. The van der Waals surface area contributed by atoms with Crippen LogP contribution in [-0.2, 0) is 0 Å². The molecule has 1 unspecified atom stereocenters. The first-order chi connectivity index (χ1) is 12.3. The van der Waals surface area contributed by atoms with Crippen molar-refractivity contribution in [2.24, 2.45) is 0 Å². The van der Waals surface area contributed by atoms with Crippen LogP contribution in [0, 0.1) is 34.6 Å². The third-order valence-corrected chi connectivity index (χ3v) is 6.25. The van der Waals surface area contributed by atoms with Crippen LogP contribution in [0.5, 0.6) is 0 Å². The van der Waals surface area contributed by atoms with Gasteiger partial charge in [0.05, 0.1) is 16.0 Å². The molecule has 0 amide bonds. The molecule has 0 saturated carbocycles. The average Bonchev–Trinajstić information content (AvgIpc) is 3.16. The van der Waals surface area contributed by atoms with Crippen LogP contribution >= 0.6 is 23.1 Å². The van der Waals surface area contributed by atoms with Gasteiger partial charge in [-0.25, -0.2) is 4.98 Å². The summed E-state index contributed by atoms with van der Waals surface area (Å²) in [6.45, 7) is 11.8. The smallest absolute Gasteiger partial charge is 0.277 e. The van der Waals surface area contributed by atoms with E-state index in [1.165, 1.54) is 28.7 Å². The molecule has 2 heterocycles. The molecule has 0 aliphatic carbocycles. The van der Waals surface area contributed by atoms with Gasteiger partial charge in [0, 0.05) is 5.56 Å². The Hall–Kier alpha value is -1.99. The van der Waals surface area contributed by atoms with Crippen molar-refractivity contribution in [2.45, 2.75) is 52.0 Å². The van der Waals surface area contributed by atoms with Gasteiger partial charge in [-0.2, -0.15) is 0 Å². The van der Waals surface area contributed by atoms with Crippen LogP contribution in [0.4, 0.5) is 0 Å². The van der Waals surface area contributed by atoms with Gasteiger partial charge in [-0.05, 0) is 64.3 Å². The number of benzene rings is 1. The maximum absolute atomic E-state index is 12.8. The van der Waals surface area contributed by atoms with Crippen molar-refractivity contribution < 1.29 is 9.21 Å². The Morgan fingerprint density at radius 2 is 1.77 bits per heavy atom. The number of hydrogen-bond donors (Lipinski definition) is 0. The largest absolute Gasteiger partial charge is 0.410 e. The zero-order chi connectivity index (χ0) is 19.0. The molecule has 7 heteroatoms. The van der Waals surface area contributed by atoms with Gasteiger partial charge in [-0.3, -0.25) is 4.79 Å². The highest BCUT2D eigenvalue weighted by Gasteiger charge is 2.22. The Balaban J connectivity index is 1.78. The molecule has 0 fully saturated rings. The lowest BCUT2D eigenvalue weighted by Crippen LogP contribution is -2.15. The molecule has 0 spiro atoms. The number of thiazole rings is 1. The van der Waals surface area contributed by atoms with E-state index in [2.05, 4.69) is 28.2 Å². The summed E-state index contributed by atoms with van der Waals surface area (Å²) in [5, 5.41) is 9.24. The number of nitrogens with zero attached hydrogens (tertiary/aromatic N) is 3. The molecule has 1 aromatic carbocycles. The van der Waals surface area contributed by atoms with Crippen LogP contribution in [0.3, 0.4) is 0 Å². The highest BCUT2D eigenvalue weighted by atomic mass is 32.2. The van der Waals surface area contributed by atoms with Crippen LogP contribution in [0.2, 0.25) is 0 Å². The first kappa shape index (κ1) is 18.8. The molecular weight excluding hydrogens is 366 g/mol. The van der Waals surface area contributed by atoms with Crippen LogP contribution in [0.15, 0.2) is 21.8 Å². The summed E-state index contributed by atoms with van der Waals surface area (Å²) < 4.78 is 5.75. The van der Waals surface area contributed by atoms with E-state index in [1.807, 2.05) is 40.7 Å². The lowest BCUT2D eigenvalue weighted by atomic mass is 9.97. The van der Waals surface area contributed by atoms with E-state index >= 15 is 0 Å². The average molecular weight is 388 g/mol. The minimum absolute atomic E-state index is 0.0696. The molecule has 0 N–H and O–H groups in total. The Kier molecular flexibility index (Phi) is 5.29. The fraction of sp³-hybridized carbons (Fsp3) is 0.368. The Morgan fingerprint density at radius 1 is 1.08 bits per heavy atom. The van der Waals surface area contributed by atoms with Gasteiger partial charge in [0.25, 0.3) is 11.1 Å². The summed E-state index contributed by atoms with van der Waals surface area (Å²) in [6, 6.07) is 4.02. The minimum Gasteiger partial charge on any atom is -0.410 e. The molecule has 3 aromatic rings. The van der Waals surface area contributed by atoms with Crippen LogP contribution in [-0.4, -0.2) is 26.2 Å². The van der Waals surface area contributed by atoms with Gasteiger partial charge in [0.1, 0.15) is 4.88 Å². The first-order valence-electron chi connectivity index (χ1n) is 8.33. The van der Waals surface area contributed by atoms with Crippen molar-refractivity contribution in [1.29, 1.82) is 0 Å². The van der Waals surface area contributed by atoms with Gasteiger partial charge >= 0.3 is 0 Å². The molecule has 0 bridgehead atoms. The van der Waals surface area contributed by atoms with Crippen molar-refractivity contribution in [3.63, 3.8) is 0 Å². The van der Waals surface area contributed by atoms with E-state index in [0.717, 1.165) is 32.3 Å². The number of ketones is 1. The molecule has 2 aromatic heterocycles. The van der Waals surface area contributed by atoms with Crippen molar-refractivity contribution in [3.05, 3.63) is 45.1 Å². The van der Waals surface area contributed by atoms with Crippen molar-refractivity contribution >= 4 is 28.9 Å². The Labute approximate surface area is 161 Å². The lowest BCUT2D eigenvalue weighted by Gasteiger charge is -2.12. The van der Waals surface area contributed by atoms with E-state index < -0.39 is 0 Å². The molecule has 3 rings (SSSR count). The number of carbonyl (C=O) groups excluding carboxylic acids is 1. The van der Waals surface area contributed by atoms with Gasteiger partial charge < -0.3 is 4.42 Å². The van der Waals surface area contributed by atoms with E-state index in [-0.39, 0.29) is 11.0 Å². The van der Waals surface area contributed by atoms with E-state index in [4.69, 9.17) is 4.42 Å². The van der Waals surface area contributed by atoms with Crippen LogP contribution in [0.25, 0.3) is 10.8 Å². The molecule has 0 aliphatic heterocycles. The van der Waals surface area contributed by atoms with Crippen molar-refractivity contribution in [2.75, 3.05) is 0 Å². The number of aromatic nitrogens is 3. The second kappa shape index (κ2) is 7.32. The topological polar surface area (TPSA) is 68.9 Å². The quantitative estimate of drug-likeness (QED) is 0.448. The summed E-state index contributed by atoms with van der Waals surface area (Å²) >= 11 is 2.81. The monoisotopic (exact) mass is 387 g/mol. The zero-order valence-electron chi connectivity index (χ0n) is 15.7. The predicted molar refractivity (Wildman–Crippen MR) is 105 cm³/mol. The molecule has 26 heavy (non-hydrogen) atoms. The SMILES string of the molecule is Cc1nc(C)c(-c2nnc(SC(C)C(=O)c3cc(C)c(C)cc3C)o2)s1. The van der Waals surface area contributed by atoms with Gasteiger partial charge in [-0.1, -0.05) is 17.8 Å². The molecule has 136 valence electrons. The Bertz CT molecular complexity index is 975. The predicted octanol–water partition coefficient (Wildman–Crippen LogP) is 5.10. The van der Waals surface area contributed by atoms with Crippen LogP contribution < -0.4 is 0 Å². The summed E-state index contributed by atoms with van der Waals surface area (Å²) in [7, 11) is 0. The Morgan fingerprint density at radius 3 is 2.42 bits per heavy atom. The molecular formula is C19H21N3O2S2. The maximum atomic E-state index is 12.8. The standard InChI is InChI=1S/C19H21N3O2S2/c1-9-7-11(3)15(8-10(9)2)16(23)13(5)25-19-22-21-18(24-19)17-12(4)20-14(6)26-17/h7-8,13H,1-6H3. The van der Waals surface area contributed by atoms with Gasteiger partial charge in [-0.15, -0.1) is 21.5 Å². The highest BCUT2D eigenvalue weighted by Crippen LogP contribution is 2.32. The fourth-order valence-electron chi connectivity index (χ4n) is 2.73. The highest BCUT2D eigenvalue weighted by molar-refractivity contribution is 8.00. The van der Waals surface area contributed by atoms with Gasteiger partial charge in [0.2, 0.25) is 0 Å². The number of rotatable bonds is 5. The third kappa shape index (κ3) is 3.73. The van der Waals surface area contributed by atoms with Crippen LogP contribution in [0.1, 0.15) is 44.7 Å².